The monoisotopic (exact) mass is 259 g/mol. The first-order valence-corrected chi connectivity index (χ1v) is 6.36. The molecular weight excluding hydrogens is 237 g/mol. The summed E-state index contributed by atoms with van der Waals surface area (Å²) in [7, 11) is 0. The topological polar surface area (TPSA) is 55.4 Å². The number of alkyl halides is 1. The largest absolute Gasteiger partial charge is 0.444 e. The van der Waals surface area contributed by atoms with Crippen LogP contribution in [-0.2, 0) is 9.53 Å². The SMILES string of the molecule is CC(C)(C)OC(=O)NC1CCC(F)(CC=O)CC1. The van der Waals surface area contributed by atoms with E-state index in [0.29, 0.717) is 32.0 Å². The molecule has 1 amide bonds. The quantitative estimate of drug-likeness (QED) is 0.793. The van der Waals surface area contributed by atoms with Gasteiger partial charge in [0.05, 0.1) is 0 Å². The van der Waals surface area contributed by atoms with Gasteiger partial charge >= 0.3 is 6.09 Å². The summed E-state index contributed by atoms with van der Waals surface area (Å²) in [5.41, 5.74) is -1.91. The van der Waals surface area contributed by atoms with E-state index in [1.165, 1.54) is 0 Å². The Morgan fingerprint density at radius 3 is 2.44 bits per heavy atom. The van der Waals surface area contributed by atoms with Gasteiger partial charge in [-0.25, -0.2) is 9.18 Å². The number of carbonyl (C=O) groups is 2. The number of hydrogen-bond donors (Lipinski definition) is 1. The highest BCUT2D eigenvalue weighted by molar-refractivity contribution is 5.68. The second kappa shape index (κ2) is 5.67. The van der Waals surface area contributed by atoms with E-state index in [9.17, 15) is 14.0 Å². The van der Waals surface area contributed by atoms with Crippen LogP contribution in [0.1, 0.15) is 52.9 Å². The molecule has 0 aliphatic heterocycles. The summed E-state index contributed by atoms with van der Waals surface area (Å²) in [6, 6.07) is -0.0598. The van der Waals surface area contributed by atoms with E-state index >= 15 is 0 Å². The Morgan fingerprint density at radius 1 is 1.44 bits per heavy atom. The fourth-order valence-corrected chi connectivity index (χ4v) is 2.11. The third kappa shape index (κ3) is 5.02. The first kappa shape index (κ1) is 14.9. The van der Waals surface area contributed by atoms with E-state index in [-0.39, 0.29) is 12.5 Å². The smallest absolute Gasteiger partial charge is 0.407 e. The zero-order valence-electron chi connectivity index (χ0n) is 11.3. The van der Waals surface area contributed by atoms with Crippen LogP contribution in [0.5, 0.6) is 0 Å². The maximum atomic E-state index is 14.0. The number of aldehydes is 1. The Labute approximate surface area is 107 Å². The average molecular weight is 259 g/mol. The van der Waals surface area contributed by atoms with Gasteiger partial charge < -0.3 is 14.8 Å². The molecule has 0 aromatic heterocycles. The summed E-state index contributed by atoms with van der Waals surface area (Å²) in [5.74, 6) is 0. The number of amides is 1. The number of nitrogens with one attached hydrogen (secondary N) is 1. The lowest BCUT2D eigenvalue weighted by atomic mass is 9.82. The maximum Gasteiger partial charge on any atom is 0.407 e. The van der Waals surface area contributed by atoms with Gasteiger partial charge in [-0.05, 0) is 46.5 Å². The molecule has 0 bridgehead atoms. The number of halogens is 1. The molecule has 4 nitrogen and oxygen atoms in total. The van der Waals surface area contributed by atoms with Crippen molar-refractivity contribution in [3.05, 3.63) is 0 Å². The van der Waals surface area contributed by atoms with Crippen molar-refractivity contribution in [1.82, 2.24) is 5.32 Å². The molecule has 0 aromatic carbocycles. The van der Waals surface area contributed by atoms with Crippen molar-refractivity contribution >= 4 is 12.4 Å². The van der Waals surface area contributed by atoms with Crippen LogP contribution in [0.15, 0.2) is 0 Å². The Balaban J connectivity index is 2.35. The van der Waals surface area contributed by atoms with Crippen LogP contribution in [0.2, 0.25) is 0 Å². The van der Waals surface area contributed by atoms with Crippen LogP contribution in [0, 0.1) is 0 Å². The zero-order chi connectivity index (χ0) is 13.8. The van der Waals surface area contributed by atoms with E-state index < -0.39 is 17.4 Å². The predicted octanol–water partition coefficient (Wildman–Crippen LogP) is 2.75. The van der Waals surface area contributed by atoms with Crippen molar-refractivity contribution in [3.63, 3.8) is 0 Å². The minimum Gasteiger partial charge on any atom is -0.444 e. The number of alkyl carbamates (subject to hydrolysis) is 1. The van der Waals surface area contributed by atoms with E-state index in [1.807, 2.05) is 0 Å². The third-order valence-corrected chi connectivity index (χ3v) is 3.05. The molecule has 0 saturated heterocycles. The van der Waals surface area contributed by atoms with Crippen molar-refractivity contribution < 1.29 is 18.7 Å². The summed E-state index contributed by atoms with van der Waals surface area (Å²) in [5, 5.41) is 2.74. The fraction of sp³-hybridized carbons (Fsp3) is 0.846. The molecule has 1 aliphatic rings. The molecular formula is C13H22FNO3. The summed E-state index contributed by atoms with van der Waals surface area (Å²) in [6.07, 6.45) is 1.83. The molecule has 1 saturated carbocycles. The van der Waals surface area contributed by atoms with Crippen molar-refractivity contribution in [1.29, 1.82) is 0 Å². The Kier molecular flexibility index (Phi) is 4.71. The Hall–Kier alpha value is -1.13. The molecule has 0 unspecified atom stereocenters. The molecule has 0 atom stereocenters. The van der Waals surface area contributed by atoms with E-state index in [0.717, 1.165) is 0 Å². The molecule has 1 aliphatic carbocycles. The van der Waals surface area contributed by atoms with Crippen molar-refractivity contribution in [2.24, 2.45) is 0 Å². The standard InChI is InChI=1S/C13H22FNO3/c1-12(2,3)18-11(17)15-10-4-6-13(14,7-5-10)8-9-16/h9-10H,4-8H2,1-3H3,(H,15,17). The minimum absolute atomic E-state index is 0.0494. The molecule has 1 fully saturated rings. The molecule has 0 heterocycles. The van der Waals surface area contributed by atoms with Gasteiger partial charge in [0.15, 0.2) is 0 Å². The molecule has 18 heavy (non-hydrogen) atoms. The lowest BCUT2D eigenvalue weighted by Gasteiger charge is -2.33. The first-order valence-electron chi connectivity index (χ1n) is 6.36. The van der Waals surface area contributed by atoms with Crippen molar-refractivity contribution in [2.45, 2.75) is 70.2 Å². The van der Waals surface area contributed by atoms with Gasteiger partial charge in [-0.3, -0.25) is 0 Å². The van der Waals surface area contributed by atoms with Crippen molar-refractivity contribution in [3.8, 4) is 0 Å². The van der Waals surface area contributed by atoms with Crippen molar-refractivity contribution in [2.75, 3.05) is 0 Å². The summed E-state index contributed by atoms with van der Waals surface area (Å²) >= 11 is 0. The number of ether oxygens (including phenoxy) is 1. The van der Waals surface area contributed by atoms with Crippen LogP contribution in [0.4, 0.5) is 9.18 Å². The van der Waals surface area contributed by atoms with Crippen LogP contribution < -0.4 is 5.32 Å². The van der Waals surface area contributed by atoms with E-state index in [1.54, 1.807) is 20.8 Å². The molecule has 1 rings (SSSR count). The molecule has 1 N–H and O–H groups in total. The van der Waals surface area contributed by atoms with Gasteiger partial charge in [-0.15, -0.1) is 0 Å². The van der Waals surface area contributed by atoms with Gasteiger partial charge in [0.2, 0.25) is 0 Å². The summed E-state index contributed by atoms with van der Waals surface area (Å²) in [6.45, 7) is 5.39. The maximum absolute atomic E-state index is 14.0. The normalized spacial score (nSPS) is 28.6. The summed E-state index contributed by atoms with van der Waals surface area (Å²) in [4.78, 5) is 21.9. The number of rotatable bonds is 3. The van der Waals surface area contributed by atoms with Crippen LogP contribution in [-0.4, -0.2) is 29.7 Å². The number of carbonyl (C=O) groups excluding carboxylic acids is 2. The van der Waals surface area contributed by atoms with Gasteiger partial charge in [0.1, 0.15) is 17.6 Å². The van der Waals surface area contributed by atoms with E-state index in [4.69, 9.17) is 4.74 Å². The lowest BCUT2D eigenvalue weighted by Crippen LogP contribution is -2.43. The van der Waals surface area contributed by atoms with Crippen LogP contribution in [0.25, 0.3) is 0 Å². The Bertz CT molecular complexity index is 304. The number of hydrogen-bond acceptors (Lipinski definition) is 3. The highest BCUT2D eigenvalue weighted by Crippen LogP contribution is 2.34. The van der Waals surface area contributed by atoms with Crippen LogP contribution >= 0.6 is 0 Å². The molecule has 5 heteroatoms. The van der Waals surface area contributed by atoms with Crippen LogP contribution in [0.3, 0.4) is 0 Å². The summed E-state index contributed by atoms with van der Waals surface area (Å²) < 4.78 is 19.1. The average Bonchev–Trinajstić information content (AvgIpc) is 2.19. The minimum atomic E-state index is -1.38. The second-order valence-electron chi connectivity index (χ2n) is 5.94. The molecule has 0 aromatic rings. The highest BCUT2D eigenvalue weighted by atomic mass is 19.1. The van der Waals surface area contributed by atoms with E-state index in [2.05, 4.69) is 5.32 Å². The predicted molar refractivity (Wildman–Crippen MR) is 66.1 cm³/mol. The van der Waals surface area contributed by atoms with Gasteiger partial charge in [0.25, 0.3) is 0 Å². The molecule has 0 radical (unpaired) electrons. The fourth-order valence-electron chi connectivity index (χ4n) is 2.11. The molecule has 0 spiro atoms. The van der Waals surface area contributed by atoms with Gasteiger partial charge in [-0.2, -0.15) is 0 Å². The lowest BCUT2D eigenvalue weighted by molar-refractivity contribution is -0.111. The second-order valence-corrected chi connectivity index (χ2v) is 5.94. The zero-order valence-corrected chi connectivity index (χ0v) is 11.3. The highest BCUT2D eigenvalue weighted by Gasteiger charge is 2.35. The Morgan fingerprint density at radius 2 is 2.00 bits per heavy atom. The molecule has 104 valence electrons. The third-order valence-electron chi connectivity index (χ3n) is 3.05. The first-order chi connectivity index (χ1) is 8.24. The van der Waals surface area contributed by atoms with Gasteiger partial charge in [-0.1, -0.05) is 0 Å². The van der Waals surface area contributed by atoms with Gasteiger partial charge in [0, 0.05) is 12.5 Å².